The highest BCUT2D eigenvalue weighted by atomic mass is 32.1. The molecular formula is C9H13N3S. The summed E-state index contributed by atoms with van der Waals surface area (Å²) in [4.78, 5) is 4.11. The first-order valence-electron chi connectivity index (χ1n) is 4.08. The van der Waals surface area contributed by atoms with Crippen LogP contribution in [-0.4, -0.2) is 10.5 Å². The number of rotatable bonds is 2. The molecule has 0 saturated heterocycles. The van der Waals surface area contributed by atoms with E-state index in [1.807, 2.05) is 26.2 Å². The molecule has 4 heteroatoms. The number of nitriles is 1. The van der Waals surface area contributed by atoms with Gasteiger partial charge in [-0.3, -0.25) is 5.32 Å². The van der Waals surface area contributed by atoms with Gasteiger partial charge in [-0.15, -0.1) is 11.3 Å². The van der Waals surface area contributed by atoms with Crippen LogP contribution in [0.4, 0.5) is 0 Å². The molecule has 0 radical (unpaired) electrons. The van der Waals surface area contributed by atoms with Gasteiger partial charge in [0.05, 0.1) is 17.3 Å². The first kappa shape index (κ1) is 10.2. The van der Waals surface area contributed by atoms with E-state index in [0.717, 1.165) is 5.69 Å². The number of hydrogen-bond donors (Lipinski definition) is 1. The lowest BCUT2D eigenvalue weighted by Crippen LogP contribution is -2.38. The van der Waals surface area contributed by atoms with Crippen molar-refractivity contribution in [2.45, 2.75) is 32.4 Å². The van der Waals surface area contributed by atoms with Crippen molar-refractivity contribution in [3.63, 3.8) is 0 Å². The van der Waals surface area contributed by atoms with E-state index in [1.165, 1.54) is 11.3 Å². The Hall–Kier alpha value is -0.920. The summed E-state index contributed by atoms with van der Waals surface area (Å²) < 4.78 is 0. The molecule has 1 aromatic heterocycles. The van der Waals surface area contributed by atoms with Crippen LogP contribution in [0.15, 0.2) is 10.9 Å². The maximum Gasteiger partial charge on any atom is 0.139 e. The van der Waals surface area contributed by atoms with Crippen LogP contribution in [0.25, 0.3) is 0 Å². The molecule has 1 N–H and O–H groups in total. The van der Waals surface area contributed by atoms with Crippen molar-refractivity contribution in [1.29, 1.82) is 5.26 Å². The summed E-state index contributed by atoms with van der Waals surface area (Å²) in [5, 5.41) is 14.0. The zero-order chi connectivity index (χ0) is 9.90. The zero-order valence-electron chi connectivity index (χ0n) is 8.03. The Morgan fingerprint density at radius 3 is 2.69 bits per heavy atom. The van der Waals surface area contributed by atoms with Gasteiger partial charge in [-0.05, 0) is 20.8 Å². The fourth-order valence-corrected chi connectivity index (χ4v) is 1.55. The molecule has 1 aromatic rings. The highest BCUT2D eigenvalue weighted by molar-refractivity contribution is 7.07. The quantitative estimate of drug-likeness (QED) is 0.786. The van der Waals surface area contributed by atoms with Crippen molar-refractivity contribution in [3.8, 4) is 6.07 Å². The Kier molecular flexibility index (Phi) is 3.02. The van der Waals surface area contributed by atoms with E-state index < -0.39 is 0 Å². The molecule has 0 aromatic carbocycles. The van der Waals surface area contributed by atoms with E-state index in [0.29, 0.717) is 0 Å². The number of thiazole rings is 1. The fourth-order valence-electron chi connectivity index (χ4n) is 0.970. The molecule has 0 amide bonds. The Bertz CT molecular complexity index is 292. The van der Waals surface area contributed by atoms with Crippen LogP contribution < -0.4 is 5.32 Å². The van der Waals surface area contributed by atoms with Crippen LogP contribution in [0.3, 0.4) is 0 Å². The van der Waals surface area contributed by atoms with E-state index >= 15 is 0 Å². The Labute approximate surface area is 82.4 Å². The maximum atomic E-state index is 8.91. The normalized spacial score (nSPS) is 13.7. The number of hydrogen-bond acceptors (Lipinski definition) is 4. The van der Waals surface area contributed by atoms with Crippen LogP contribution >= 0.6 is 11.3 Å². The van der Waals surface area contributed by atoms with E-state index in [9.17, 15) is 0 Å². The largest absolute Gasteiger partial charge is 0.292 e. The van der Waals surface area contributed by atoms with Gasteiger partial charge in [0.1, 0.15) is 6.04 Å². The monoisotopic (exact) mass is 195 g/mol. The van der Waals surface area contributed by atoms with E-state index in [2.05, 4.69) is 16.4 Å². The van der Waals surface area contributed by atoms with Crippen molar-refractivity contribution in [2.75, 3.05) is 0 Å². The molecule has 0 spiro atoms. The molecular weight excluding hydrogens is 182 g/mol. The van der Waals surface area contributed by atoms with Crippen LogP contribution in [0.1, 0.15) is 32.5 Å². The summed E-state index contributed by atoms with van der Waals surface area (Å²) in [5.74, 6) is 0. The summed E-state index contributed by atoms with van der Waals surface area (Å²) in [6, 6.07) is 1.89. The highest BCUT2D eigenvalue weighted by Crippen LogP contribution is 2.15. The second-order valence-corrected chi connectivity index (χ2v) is 4.59. The highest BCUT2D eigenvalue weighted by Gasteiger charge is 2.19. The second kappa shape index (κ2) is 3.86. The van der Waals surface area contributed by atoms with Gasteiger partial charge in [-0.1, -0.05) is 0 Å². The zero-order valence-corrected chi connectivity index (χ0v) is 8.85. The third kappa shape index (κ3) is 3.13. The van der Waals surface area contributed by atoms with Gasteiger partial charge in [0.2, 0.25) is 0 Å². The molecule has 1 unspecified atom stereocenters. The van der Waals surface area contributed by atoms with Crippen LogP contribution in [-0.2, 0) is 0 Å². The van der Waals surface area contributed by atoms with Crippen molar-refractivity contribution < 1.29 is 0 Å². The Morgan fingerprint density at radius 2 is 2.31 bits per heavy atom. The molecule has 70 valence electrons. The first-order chi connectivity index (χ1) is 6.03. The summed E-state index contributed by atoms with van der Waals surface area (Å²) in [5.41, 5.74) is 2.48. The van der Waals surface area contributed by atoms with Gasteiger partial charge in [0.15, 0.2) is 0 Å². The predicted molar refractivity (Wildman–Crippen MR) is 53.4 cm³/mol. The number of nitrogens with one attached hydrogen (secondary N) is 1. The van der Waals surface area contributed by atoms with Gasteiger partial charge in [-0.2, -0.15) is 5.26 Å². The molecule has 0 bridgehead atoms. The predicted octanol–water partition coefficient (Wildman–Crippen LogP) is 2.10. The lowest BCUT2D eigenvalue weighted by atomic mass is 10.1. The Morgan fingerprint density at radius 1 is 1.62 bits per heavy atom. The summed E-state index contributed by atoms with van der Waals surface area (Å²) in [7, 11) is 0. The summed E-state index contributed by atoms with van der Waals surface area (Å²) in [6.45, 7) is 6.09. The fraction of sp³-hybridized carbons (Fsp3) is 0.556. The van der Waals surface area contributed by atoms with Crippen LogP contribution in [0.2, 0.25) is 0 Å². The lowest BCUT2D eigenvalue weighted by Gasteiger charge is -2.23. The van der Waals surface area contributed by atoms with Crippen molar-refractivity contribution >= 4 is 11.3 Å². The standard InChI is InChI=1S/C9H13N3S/c1-9(2,3)12-7(4-10)8-5-13-6-11-8/h5-7,12H,1-3H3. The van der Waals surface area contributed by atoms with Gasteiger partial charge < -0.3 is 0 Å². The minimum absolute atomic E-state index is 0.0655. The van der Waals surface area contributed by atoms with Gasteiger partial charge in [-0.25, -0.2) is 4.98 Å². The molecule has 1 heterocycles. The topological polar surface area (TPSA) is 48.7 Å². The van der Waals surface area contributed by atoms with Crippen molar-refractivity contribution in [3.05, 3.63) is 16.6 Å². The van der Waals surface area contributed by atoms with Crippen LogP contribution in [0, 0.1) is 11.3 Å². The maximum absolute atomic E-state index is 8.91. The first-order valence-corrected chi connectivity index (χ1v) is 5.02. The van der Waals surface area contributed by atoms with Crippen molar-refractivity contribution in [1.82, 2.24) is 10.3 Å². The van der Waals surface area contributed by atoms with Gasteiger partial charge >= 0.3 is 0 Å². The molecule has 3 nitrogen and oxygen atoms in total. The third-order valence-corrected chi connectivity index (χ3v) is 2.06. The van der Waals surface area contributed by atoms with Crippen LogP contribution in [0.5, 0.6) is 0 Å². The van der Waals surface area contributed by atoms with Gasteiger partial charge in [0, 0.05) is 10.9 Å². The van der Waals surface area contributed by atoms with E-state index in [1.54, 1.807) is 5.51 Å². The van der Waals surface area contributed by atoms with E-state index in [-0.39, 0.29) is 11.6 Å². The van der Waals surface area contributed by atoms with E-state index in [4.69, 9.17) is 5.26 Å². The summed E-state index contributed by atoms with van der Waals surface area (Å²) >= 11 is 1.51. The lowest BCUT2D eigenvalue weighted by molar-refractivity contribution is 0.397. The minimum Gasteiger partial charge on any atom is -0.292 e. The molecule has 0 aliphatic heterocycles. The molecule has 0 aliphatic carbocycles. The molecule has 0 fully saturated rings. The average Bonchev–Trinajstić information content (AvgIpc) is 2.50. The molecule has 0 saturated carbocycles. The molecule has 1 rings (SSSR count). The van der Waals surface area contributed by atoms with Crippen molar-refractivity contribution in [2.24, 2.45) is 0 Å². The third-order valence-electron chi connectivity index (χ3n) is 1.45. The number of nitrogens with zero attached hydrogens (tertiary/aromatic N) is 2. The SMILES string of the molecule is CC(C)(C)NC(C#N)c1cscn1. The molecule has 0 aliphatic rings. The smallest absolute Gasteiger partial charge is 0.139 e. The minimum atomic E-state index is -0.300. The Balaban J connectivity index is 2.72. The average molecular weight is 195 g/mol. The summed E-state index contributed by atoms with van der Waals surface area (Å²) in [6.07, 6.45) is 0. The second-order valence-electron chi connectivity index (χ2n) is 3.87. The molecule has 13 heavy (non-hydrogen) atoms. The molecule has 1 atom stereocenters. The van der Waals surface area contributed by atoms with Gasteiger partial charge in [0.25, 0.3) is 0 Å². The number of aromatic nitrogens is 1.